The molecule has 0 aromatic heterocycles. The van der Waals surface area contributed by atoms with Crippen molar-refractivity contribution in [3.63, 3.8) is 0 Å². The largest absolute Gasteiger partial charge is 0.491 e. The van der Waals surface area contributed by atoms with Crippen LogP contribution in [0.2, 0.25) is 0 Å². The third-order valence-corrected chi connectivity index (χ3v) is 2.58. The molecule has 14 heavy (non-hydrogen) atoms. The highest BCUT2D eigenvalue weighted by molar-refractivity contribution is 5.40. The Kier molecular flexibility index (Phi) is 2.68. The van der Waals surface area contributed by atoms with E-state index in [1.165, 1.54) is 11.1 Å². The van der Waals surface area contributed by atoms with Crippen LogP contribution in [0.25, 0.3) is 0 Å². The van der Waals surface area contributed by atoms with Crippen LogP contribution in [-0.4, -0.2) is 13.3 Å². The quantitative estimate of drug-likeness (QED) is 0.800. The van der Waals surface area contributed by atoms with E-state index in [2.05, 4.69) is 0 Å². The van der Waals surface area contributed by atoms with E-state index in [1.54, 1.807) is 0 Å². The molecule has 1 aliphatic rings. The molecule has 2 nitrogen and oxygen atoms in total. The zero-order valence-corrected chi connectivity index (χ0v) is 8.00. The maximum Gasteiger partial charge on any atom is 0.123 e. The van der Waals surface area contributed by atoms with Gasteiger partial charge in [0.25, 0.3) is 0 Å². The van der Waals surface area contributed by atoms with Gasteiger partial charge in [-0.3, -0.25) is 0 Å². The lowest BCUT2D eigenvalue weighted by Crippen LogP contribution is -2.05. The summed E-state index contributed by atoms with van der Waals surface area (Å²) in [5, 5.41) is 0. The van der Waals surface area contributed by atoms with E-state index in [0.29, 0.717) is 0 Å². The van der Waals surface area contributed by atoms with Crippen molar-refractivity contribution in [1.29, 1.82) is 0 Å². The molecule has 76 valence electrons. The van der Waals surface area contributed by atoms with Gasteiger partial charge in [-0.1, -0.05) is 6.07 Å². The van der Waals surface area contributed by atoms with Crippen LogP contribution in [0.15, 0.2) is 18.2 Å². The number of fused-ring (bicyclic) bond motifs is 1. The first-order valence-electron chi connectivity index (χ1n) is 4.88. The zero-order chi connectivity index (χ0) is 9.97. The number of benzene rings is 1. The van der Waals surface area contributed by atoms with Gasteiger partial charge < -0.3 is 10.5 Å². The van der Waals surface area contributed by atoms with Gasteiger partial charge in [-0.25, -0.2) is 4.39 Å². The second kappa shape index (κ2) is 3.96. The Morgan fingerprint density at radius 2 is 2.36 bits per heavy atom. The predicted octanol–water partition coefficient (Wildman–Crippen LogP) is 1.98. The Morgan fingerprint density at radius 1 is 1.50 bits per heavy atom. The number of halogens is 1. The minimum absolute atomic E-state index is 0.130. The Bertz CT molecular complexity index is 327. The Hall–Kier alpha value is -1.09. The van der Waals surface area contributed by atoms with Crippen LogP contribution in [0.4, 0.5) is 4.39 Å². The van der Waals surface area contributed by atoms with Crippen LogP contribution >= 0.6 is 0 Å². The van der Waals surface area contributed by atoms with Gasteiger partial charge in [-0.15, -0.1) is 0 Å². The molecular formula is C11H14FNO. The van der Waals surface area contributed by atoms with Crippen LogP contribution in [-0.2, 0) is 6.42 Å². The first-order chi connectivity index (χ1) is 6.81. The Labute approximate surface area is 82.9 Å². The van der Waals surface area contributed by atoms with Crippen LogP contribution in [0.3, 0.4) is 0 Å². The first-order valence-corrected chi connectivity index (χ1v) is 4.88. The van der Waals surface area contributed by atoms with Gasteiger partial charge in [0.2, 0.25) is 0 Å². The molecule has 0 bridgehead atoms. The summed E-state index contributed by atoms with van der Waals surface area (Å²) >= 11 is 0. The van der Waals surface area contributed by atoms with Gasteiger partial charge in [0.1, 0.15) is 19.0 Å². The van der Waals surface area contributed by atoms with Crippen molar-refractivity contribution in [3.05, 3.63) is 29.3 Å². The number of nitrogens with two attached hydrogens (primary N) is 1. The van der Waals surface area contributed by atoms with Crippen molar-refractivity contribution in [2.75, 3.05) is 13.3 Å². The van der Waals surface area contributed by atoms with Gasteiger partial charge in [-0.2, -0.15) is 0 Å². The highest BCUT2D eigenvalue weighted by Crippen LogP contribution is 2.31. The fourth-order valence-corrected chi connectivity index (χ4v) is 1.87. The summed E-state index contributed by atoms with van der Waals surface area (Å²) in [7, 11) is 0. The van der Waals surface area contributed by atoms with E-state index in [1.807, 2.05) is 18.2 Å². The summed E-state index contributed by atoms with van der Waals surface area (Å²) in [5.41, 5.74) is 8.35. The molecule has 1 aromatic rings. The molecule has 0 heterocycles. The van der Waals surface area contributed by atoms with Gasteiger partial charge >= 0.3 is 0 Å². The number of hydrogen-bond donors (Lipinski definition) is 1. The van der Waals surface area contributed by atoms with Gasteiger partial charge in [-0.05, 0) is 36.1 Å². The van der Waals surface area contributed by atoms with E-state index in [0.717, 1.165) is 18.6 Å². The number of aryl methyl sites for hydroxylation is 1. The lowest BCUT2D eigenvalue weighted by molar-refractivity contribution is 0.273. The minimum Gasteiger partial charge on any atom is -0.491 e. The summed E-state index contributed by atoms with van der Waals surface area (Å²) in [5.74, 6) is 0.746. The van der Waals surface area contributed by atoms with Crippen LogP contribution in [0.5, 0.6) is 5.75 Å². The second-order valence-corrected chi connectivity index (χ2v) is 3.54. The summed E-state index contributed by atoms with van der Waals surface area (Å²) < 4.78 is 17.1. The molecular weight excluding hydrogens is 181 g/mol. The Morgan fingerprint density at radius 3 is 3.14 bits per heavy atom. The van der Waals surface area contributed by atoms with Crippen molar-refractivity contribution in [1.82, 2.24) is 0 Å². The number of alkyl halides is 1. The fraction of sp³-hybridized carbons (Fsp3) is 0.455. The van der Waals surface area contributed by atoms with E-state index < -0.39 is 6.67 Å². The molecule has 3 heteroatoms. The number of ether oxygens (including phenoxy) is 1. The minimum atomic E-state index is -0.448. The molecule has 0 spiro atoms. The van der Waals surface area contributed by atoms with Crippen LogP contribution in [0, 0.1) is 0 Å². The van der Waals surface area contributed by atoms with Crippen molar-refractivity contribution >= 4 is 0 Å². The standard InChI is InChI=1S/C11H14FNO/c12-5-6-14-9-2-3-10-8(7-9)1-4-11(10)13/h2-3,7,11H,1,4-6,13H2. The topological polar surface area (TPSA) is 35.2 Å². The van der Waals surface area contributed by atoms with E-state index in [9.17, 15) is 4.39 Å². The maximum atomic E-state index is 11.9. The monoisotopic (exact) mass is 195 g/mol. The SMILES string of the molecule is NC1CCc2cc(OCCF)ccc21. The van der Waals surface area contributed by atoms with Crippen molar-refractivity contribution < 1.29 is 9.13 Å². The van der Waals surface area contributed by atoms with Gasteiger partial charge in [0.15, 0.2) is 0 Å². The van der Waals surface area contributed by atoms with E-state index in [4.69, 9.17) is 10.5 Å². The van der Waals surface area contributed by atoms with Crippen LogP contribution < -0.4 is 10.5 Å². The van der Waals surface area contributed by atoms with Crippen molar-refractivity contribution in [2.24, 2.45) is 5.73 Å². The lowest BCUT2D eigenvalue weighted by Gasteiger charge is -2.07. The predicted molar refractivity (Wildman–Crippen MR) is 53.2 cm³/mol. The normalized spacial score (nSPS) is 19.4. The van der Waals surface area contributed by atoms with E-state index >= 15 is 0 Å². The molecule has 0 saturated heterocycles. The summed E-state index contributed by atoms with van der Waals surface area (Å²) in [4.78, 5) is 0. The molecule has 0 aliphatic heterocycles. The molecule has 1 atom stereocenters. The van der Waals surface area contributed by atoms with Gasteiger partial charge in [0.05, 0.1) is 0 Å². The van der Waals surface area contributed by atoms with E-state index in [-0.39, 0.29) is 12.6 Å². The fourth-order valence-electron chi connectivity index (χ4n) is 1.87. The average Bonchev–Trinajstić information content (AvgIpc) is 2.57. The molecule has 2 rings (SSSR count). The molecule has 0 saturated carbocycles. The number of hydrogen-bond acceptors (Lipinski definition) is 2. The second-order valence-electron chi connectivity index (χ2n) is 3.54. The molecule has 1 unspecified atom stereocenters. The highest BCUT2D eigenvalue weighted by Gasteiger charge is 2.18. The van der Waals surface area contributed by atoms with Crippen LogP contribution in [0.1, 0.15) is 23.6 Å². The maximum absolute atomic E-state index is 11.9. The Balaban J connectivity index is 2.15. The lowest BCUT2D eigenvalue weighted by atomic mass is 10.1. The van der Waals surface area contributed by atoms with Gasteiger partial charge in [0, 0.05) is 6.04 Å². The molecule has 0 amide bonds. The molecule has 0 fully saturated rings. The highest BCUT2D eigenvalue weighted by atomic mass is 19.1. The average molecular weight is 195 g/mol. The summed E-state index contributed by atoms with van der Waals surface area (Å²) in [6, 6.07) is 5.98. The van der Waals surface area contributed by atoms with Crippen molar-refractivity contribution in [2.45, 2.75) is 18.9 Å². The third-order valence-electron chi connectivity index (χ3n) is 2.58. The molecule has 1 aliphatic carbocycles. The smallest absolute Gasteiger partial charge is 0.123 e. The first kappa shape index (κ1) is 9.46. The third kappa shape index (κ3) is 1.73. The number of rotatable bonds is 3. The zero-order valence-electron chi connectivity index (χ0n) is 8.00. The summed E-state index contributed by atoms with van der Waals surface area (Å²) in [6.07, 6.45) is 2.01. The molecule has 1 aromatic carbocycles. The molecule has 2 N–H and O–H groups in total. The van der Waals surface area contributed by atoms with Crippen molar-refractivity contribution in [3.8, 4) is 5.75 Å². The summed E-state index contributed by atoms with van der Waals surface area (Å²) in [6.45, 7) is -0.318. The molecule has 0 radical (unpaired) electrons.